The summed E-state index contributed by atoms with van der Waals surface area (Å²) in [5.74, 6) is 1.22. The van der Waals surface area contributed by atoms with Crippen LogP contribution in [-0.4, -0.2) is 5.88 Å². The van der Waals surface area contributed by atoms with Gasteiger partial charge >= 0.3 is 0 Å². The molecule has 2 rings (SSSR count). The quantitative estimate of drug-likeness (QED) is 0.609. The molecule has 0 heterocycles. The standard InChI is InChI=1S/C11H10Cl/c12-8-7-10-6-5-9-3-1-2-4-11(9)10/h1-4,6,10H,7-8H2. The van der Waals surface area contributed by atoms with Crippen LogP contribution in [0.3, 0.4) is 0 Å². The molecule has 1 radical (unpaired) electrons. The van der Waals surface area contributed by atoms with Crippen LogP contribution in [0.15, 0.2) is 30.3 Å². The minimum Gasteiger partial charge on any atom is -0.127 e. The summed E-state index contributed by atoms with van der Waals surface area (Å²) in [6, 6.07) is 8.37. The van der Waals surface area contributed by atoms with Crippen LogP contribution in [0.1, 0.15) is 23.5 Å². The second-order valence-corrected chi connectivity index (χ2v) is 3.36. The summed E-state index contributed by atoms with van der Waals surface area (Å²) in [5.41, 5.74) is 2.60. The van der Waals surface area contributed by atoms with E-state index in [0.717, 1.165) is 12.3 Å². The van der Waals surface area contributed by atoms with Gasteiger partial charge in [-0.05, 0) is 23.6 Å². The van der Waals surface area contributed by atoms with Crippen molar-refractivity contribution in [2.45, 2.75) is 12.3 Å². The summed E-state index contributed by atoms with van der Waals surface area (Å²) < 4.78 is 0. The van der Waals surface area contributed by atoms with Crippen LogP contribution in [-0.2, 0) is 0 Å². The summed E-state index contributed by atoms with van der Waals surface area (Å²) in [4.78, 5) is 0. The summed E-state index contributed by atoms with van der Waals surface area (Å²) in [6.45, 7) is 0. The highest BCUT2D eigenvalue weighted by atomic mass is 35.5. The lowest BCUT2D eigenvalue weighted by molar-refractivity contribution is 0.823. The third kappa shape index (κ3) is 1.27. The van der Waals surface area contributed by atoms with Crippen LogP contribution in [0.5, 0.6) is 0 Å². The molecular formula is C11H10Cl. The third-order valence-electron chi connectivity index (χ3n) is 2.22. The molecule has 1 aliphatic carbocycles. The van der Waals surface area contributed by atoms with Crippen molar-refractivity contribution in [3.05, 3.63) is 47.5 Å². The zero-order valence-electron chi connectivity index (χ0n) is 6.76. The Bertz CT molecular complexity index is 302. The summed E-state index contributed by atoms with van der Waals surface area (Å²) in [7, 11) is 0. The molecule has 12 heavy (non-hydrogen) atoms. The molecule has 0 aliphatic heterocycles. The minimum atomic E-state index is 0.499. The molecule has 1 aromatic carbocycles. The molecule has 0 bridgehead atoms. The topological polar surface area (TPSA) is 0 Å². The van der Waals surface area contributed by atoms with Crippen molar-refractivity contribution in [3.8, 4) is 0 Å². The van der Waals surface area contributed by atoms with Crippen molar-refractivity contribution in [1.82, 2.24) is 0 Å². The van der Waals surface area contributed by atoms with Gasteiger partial charge in [0.1, 0.15) is 0 Å². The Kier molecular flexibility index (Phi) is 2.18. The fourth-order valence-electron chi connectivity index (χ4n) is 1.59. The number of benzene rings is 1. The summed E-state index contributed by atoms with van der Waals surface area (Å²) in [5, 5.41) is 0. The molecule has 1 atom stereocenters. The lowest BCUT2D eigenvalue weighted by Crippen LogP contribution is -1.93. The monoisotopic (exact) mass is 177 g/mol. The number of alkyl halides is 1. The van der Waals surface area contributed by atoms with E-state index >= 15 is 0 Å². The Morgan fingerprint density at radius 3 is 3.00 bits per heavy atom. The van der Waals surface area contributed by atoms with Crippen LogP contribution < -0.4 is 0 Å². The third-order valence-corrected chi connectivity index (χ3v) is 2.44. The fourth-order valence-corrected chi connectivity index (χ4v) is 1.82. The molecule has 0 aromatic heterocycles. The van der Waals surface area contributed by atoms with E-state index in [1.807, 2.05) is 6.07 Å². The SMILES string of the molecule is ClCCC1C=[C]c2ccccc21. The van der Waals surface area contributed by atoms with Crippen molar-refractivity contribution in [2.75, 3.05) is 5.88 Å². The highest BCUT2D eigenvalue weighted by Gasteiger charge is 2.15. The average Bonchev–Trinajstić information content (AvgIpc) is 2.50. The maximum atomic E-state index is 5.70. The van der Waals surface area contributed by atoms with Gasteiger partial charge in [-0.2, -0.15) is 0 Å². The Morgan fingerprint density at radius 2 is 2.17 bits per heavy atom. The maximum absolute atomic E-state index is 5.70. The first kappa shape index (κ1) is 7.88. The van der Waals surface area contributed by atoms with Gasteiger partial charge in [0.15, 0.2) is 0 Å². The molecule has 1 aliphatic rings. The Morgan fingerprint density at radius 1 is 1.33 bits per heavy atom. The van der Waals surface area contributed by atoms with Crippen molar-refractivity contribution < 1.29 is 0 Å². The van der Waals surface area contributed by atoms with Crippen LogP contribution >= 0.6 is 11.6 Å². The molecule has 0 fully saturated rings. The molecule has 0 N–H and O–H groups in total. The van der Waals surface area contributed by atoms with Crippen molar-refractivity contribution in [2.24, 2.45) is 0 Å². The maximum Gasteiger partial charge on any atom is 0.0232 e. The van der Waals surface area contributed by atoms with Gasteiger partial charge in [-0.1, -0.05) is 30.3 Å². The second kappa shape index (κ2) is 3.32. The summed E-state index contributed by atoms with van der Waals surface area (Å²) >= 11 is 5.70. The molecule has 0 saturated carbocycles. The van der Waals surface area contributed by atoms with Crippen LogP contribution in [0.4, 0.5) is 0 Å². The predicted octanol–water partition coefficient (Wildman–Crippen LogP) is 3.12. The number of hydrogen-bond acceptors (Lipinski definition) is 0. The van der Waals surface area contributed by atoms with Gasteiger partial charge < -0.3 is 0 Å². The molecule has 1 aromatic rings. The molecule has 1 unspecified atom stereocenters. The van der Waals surface area contributed by atoms with E-state index in [2.05, 4.69) is 30.4 Å². The largest absolute Gasteiger partial charge is 0.127 e. The first-order valence-electron chi connectivity index (χ1n) is 4.16. The highest BCUT2D eigenvalue weighted by molar-refractivity contribution is 6.17. The van der Waals surface area contributed by atoms with Gasteiger partial charge in [-0.25, -0.2) is 0 Å². The lowest BCUT2D eigenvalue weighted by atomic mass is 9.99. The molecule has 1 heteroatoms. The van der Waals surface area contributed by atoms with Gasteiger partial charge in [0.25, 0.3) is 0 Å². The Balaban J connectivity index is 2.30. The molecule has 0 amide bonds. The first-order valence-corrected chi connectivity index (χ1v) is 4.70. The lowest BCUT2D eigenvalue weighted by Gasteiger charge is -2.07. The van der Waals surface area contributed by atoms with Gasteiger partial charge in [-0.15, -0.1) is 11.6 Å². The van der Waals surface area contributed by atoms with E-state index in [0.29, 0.717) is 5.92 Å². The van der Waals surface area contributed by atoms with Gasteiger partial charge in [0, 0.05) is 11.8 Å². The number of allylic oxidation sites excluding steroid dienone is 1. The van der Waals surface area contributed by atoms with Crippen LogP contribution in [0.2, 0.25) is 0 Å². The number of hydrogen-bond donors (Lipinski definition) is 0. The number of fused-ring (bicyclic) bond motifs is 1. The zero-order valence-corrected chi connectivity index (χ0v) is 7.51. The van der Waals surface area contributed by atoms with Crippen molar-refractivity contribution in [3.63, 3.8) is 0 Å². The molecule has 0 nitrogen and oxygen atoms in total. The first-order chi connectivity index (χ1) is 5.92. The Labute approximate surface area is 77.9 Å². The van der Waals surface area contributed by atoms with Gasteiger partial charge in [-0.3, -0.25) is 0 Å². The van der Waals surface area contributed by atoms with E-state index in [4.69, 9.17) is 11.6 Å². The van der Waals surface area contributed by atoms with Gasteiger partial charge in [0.2, 0.25) is 0 Å². The normalized spacial score (nSPS) is 19.6. The smallest absolute Gasteiger partial charge is 0.0232 e. The second-order valence-electron chi connectivity index (χ2n) is 2.98. The number of halogens is 1. The van der Waals surface area contributed by atoms with Crippen LogP contribution in [0.25, 0.3) is 0 Å². The van der Waals surface area contributed by atoms with Crippen molar-refractivity contribution in [1.29, 1.82) is 0 Å². The van der Waals surface area contributed by atoms with E-state index in [1.54, 1.807) is 0 Å². The Hall–Kier alpha value is -0.750. The molecule has 0 saturated heterocycles. The fraction of sp³-hybridized carbons (Fsp3) is 0.273. The average molecular weight is 178 g/mol. The van der Waals surface area contributed by atoms with Crippen molar-refractivity contribution >= 4 is 11.6 Å². The number of rotatable bonds is 2. The minimum absolute atomic E-state index is 0.499. The van der Waals surface area contributed by atoms with Crippen LogP contribution in [0, 0.1) is 6.08 Å². The highest BCUT2D eigenvalue weighted by Crippen LogP contribution is 2.30. The van der Waals surface area contributed by atoms with E-state index < -0.39 is 0 Å². The van der Waals surface area contributed by atoms with E-state index in [-0.39, 0.29) is 0 Å². The molecule has 61 valence electrons. The van der Waals surface area contributed by atoms with Gasteiger partial charge in [0.05, 0.1) is 0 Å². The molecular weight excluding hydrogens is 168 g/mol. The van der Waals surface area contributed by atoms with E-state index in [9.17, 15) is 0 Å². The predicted molar refractivity (Wildman–Crippen MR) is 51.4 cm³/mol. The summed E-state index contributed by atoms with van der Waals surface area (Å²) in [6.07, 6.45) is 6.39. The molecule has 0 spiro atoms. The van der Waals surface area contributed by atoms with E-state index in [1.165, 1.54) is 11.1 Å². The zero-order chi connectivity index (χ0) is 8.39.